The molecule has 3 N–H and O–H groups in total. The largest absolute Gasteiger partial charge is 0.469 e. The molecule has 0 unspecified atom stereocenters. The number of carbonyl (C=O) groups excluding carboxylic acids is 4. The Morgan fingerprint density at radius 2 is 1.87 bits per heavy atom. The van der Waals surface area contributed by atoms with Crippen LogP contribution in [0.4, 0.5) is 5.13 Å². The van der Waals surface area contributed by atoms with Crippen LogP contribution in [0, 0.1) is 5.41 Å². The Hall–Kier alpha value is -3.31. The van der Waals surface area contributed by atoms with Gasteiger partial charge in [-0.25, -0.2) is 14.1 Å². The average Bonchev–Trinajstić information content (AvgIpc) is 3.29. The summed E-state index contributed by atoms with van der Waals surface area (Å²) in [6, 6.07) is -2.32. The number of ether oxygens (including phenoxy) is 2. The highest BCUT2D eigenvalue weighted by Gasteiger charge is 2.53. The molecule has 0 radical (unpaired) electrons. The highest BCUT2D eigenvalue weighted by Crippen LogP contribution is 2.27. The van der Waals surface area contributed by atoms with Crippen molar-refractivity contribution < 1.29 is 46.1 Å². The number of nitrogens with one attached hydrogen (secondary N) is 1. The zero-order chi connectivity index (χ0) is 29.8. The van der Waals surface area contributed by atoms with Crippen molar-refractivity contribution in [1.29, 1.82) is 0 Å². The van der Waals surface area contributed by atoms with E-state index in [0.717, 1.165) is 18.4 Å². The second kappa shape index (κ2) is 12.3. The number of hydrogen-bond acceptors (Lipinski definition) is 14. The monoisotopic (exact) mass is 591 g/mol. The lowest BCUT2D eigenvalue weighted by Crippen LogP contribution is -2.71. The number of nitrogen functional groups attached to an aromatic ring is 1. The van der Waals surface area contributed by atoms with E-state index >= 15 is 0 Å². The summed E-state index contributed by atoms with van der Waals surface area (Å²) in [6.45, 7) is 8.39. The van der Waals surface area contributed by atoms with Crippen LogP contribution in [-0.4, -0.2) is 85.2 Å². The predicted molar refractivity (Wildman–Crippen MR) is 138 cm³/mol. The molecule has 1 saturated heterocycles. The lowest BCUT2D eigenvalue weighted by Gasteiger charge is -2.43. The van der Waals surface area contributed by atoms with Crippen molar-refractivity contribution in [3.8, 4) is 0 Å². The van der Waals surface area contributed by atoms with E-state index in [2.05, 4.69) is 20.2 Å². The smallest absolute Gasteiger partial charge is 0.365 e. The van der Waals surface area contributed by atoms with Gasteiger partial charge in [-0.1, -0.05) is 12.1 Å². The van der Waals surface area contributed by atoms with Crippen molar-refractivity contribution in [1.82, 2.24) is 14.6 Å². The highest BCUT2D eigenvalue weighted by molar-refractivity contribution is 7.85. The van der Waals surface area contributed by atoms with Crippen LogP contribution in [0.3, 0.4) is 0 Å². The van der Waals surface area contributed by atoms with Gasteiger partial charge in [-0.05, 0) is 41.0 Å². The third-order valence-corrected chi connectivity index (χ3v) is 7.53. The maximum Gasteiger partial charge on any atom is 0.365 e. The van der Waals surface area contributed by atoms with Gasteiger partial charge in [-0.3, -0.25) is 18.6 Å². The summed E-state index contributed by atoms with van der Waals surface area (Å²) in [5, 5.41) is 7.73. The second-order valence-electron chi connectivity index (χ2n) is 9.67. The number of thiazole rings is 1. The van der Waals surface area contributed by atoms with Crippen LogP contribution >= 0.6 is 11.3 Å². The van der Waals surface area contributed by atoms with Crippen LogP contribution in [0.1, 0.15) is 53.7 Å². The van der Waals surface area contributed by atoms with Gasteiger partial charge in [0, 0.05) is 5.38 Å². The summed E-state index contributed by atoms with van der Waals surface area (Å²) in [7, 11) is -3.44. The van der Waals surface area contributed by atoms with Gasteiger partial charge in [0.1, 0.15) is 11.7 Å². The molecule has 0 bridgehead atoms. The van der Waals surface area contributed by atoms with E-state index in [-0.39, 0.29) is 17.4 Å². The number of rotatable bonds is 13. The van der Waals surface area contributed by atoms with Crippen LogP contribution in [-0.2, 0) is 48.0 Å². The maximum atomic E-state index is 13.1. The number of nitrogens with two attached hydrogens (primary N) is 1. The van der Waals surface area contributed by atoms with E-state index in [0.29, 0.717) is 10.7 Å². The van der Waals surface area contributed by atoms with Gasteiger partial charge in [0.25, 0.3) is 11.8 Å². The Morgan fingerprint density at radius 3 is 2.38 bits per heavy atom. The van der Waals surface area contributed by atoms with E-state index in [4.69, 9.17) is 19.5 Å². The van der Waals surface area contributed by atoms with Crippen molar-refractivity contribution >= 4 is 56.2 Å². The Labute approximate surface area is 230 Å². The minimum atomic E-state index is -4.59. The first kappa shape index (κ1) is 31.9. The quantitative estimate of drug-likeness (QED) is 0.138. The lowest BCUT2D eigenvalue weighted by molar-refractivity contribution is -0.168. The van der Waals surface area contributed by atoms with Gasteiger partial charge in [-0.15, -0.1) is 11.3 Å². The van der Waals surface area contributed by atoms with Gasteiger partial charge in [-0.2, -0.15) is 8.42 Å². The number of methoxy groups -OCH3 is 1. The fourth-order valence-electron chi connectivity index (χ4n) is 3.08. The standard InChI is InChI=1S/C22H33N5O10S2/c1-8-9-35-19(31)22(5,6)37-26-15(13-10-38-20(23)24-13)16(28)25-14-12(2)27(17(14)29)39(32,33)36-11-21(3,4)18(30)34-7/h10,12,14H,8-9,11H2,1-7H3,(H2,23,24)(H,25,28)/b26-15+/t12-,14-/m0/s1. The molecule has 0 aromatic carbocycles. The Bertz CT molecular complexity index is 1240. The molecule has 1 aromatic rings. The Kier molecular flexibility index (Phi) is 10.0. The first-order valence-electron chi connectivity index (χ1n) is 11.7. The topological polar surface area (TPSA) is 206 Å². The van der Waals surface area contributed by atoms with Gasteiger partial charge in [0.05, 0.1) is 31.8 Å². The lowest BCUT2D eigenvalue weighted by atomic mass is 9.95. The number of amides is 2. The molecule has 0 saturated carbocycles. The molecular formula is C22H33N5O10S2. The molecule has 2 amide bonds. The normalized spacial score (nSPS) is 18.3. The van der Waals surface area contributed by atoms with Crippen molar-refractivity contribution in [2.24, 2.45) is 10.6 Å². The molecule has 218 valence electrons. The number of esters is 2. The van der Waals surface area contributed by atoms with E-state index in [1.54, 1.807) is 0 Å². The van der Waals surface area contributed by atoms with Crippen LogP contribution in [0.25, 0.3) is 0 Å². The number of nitrogens with zero attached hydrogens (tertiary/aromatic N) is 3. The highest BCUT2D eigenvalue weighted by atomic mass is 32.2. The van der Waals surface area contributed by atoms with Crippen molar-refractivity contribution in [3.63, 3.8) is 0 Å². The predicted octanol–water partition coefficient (Wildman–Crippen LogP) is 0.354. The molecular weight excluding hydrogens is 558 g/mol. The molecule has 2 heterocycles. The Morgan fingerprint density at radius 1 is 1.23 bits per heavy atom. The maximum absolute atomic E-state index is 13.1. The molecule has 1 aromatic heterocycles. The molecule has 1 aliphatic heterocycles. The third kappa shape index (κ3) is 7.42. The molecule has 17 heteroatoms. The third-order valence-electron chi connectivity index (χ3n) is 5.44. The zero-order valence-corrected chi connectivity index (χ0v) is 24.3. The number of β-lactam (4-membered cyclic amide) rings is 1. The summed E-state index contributed by atoms with van der Waals surface area (Å²) >= 11 is 1.01. The summed E-state index contributed by atoms with van der Waals surface area (Å²) < 4.78 is 40.3. The number of aromatic nitrogens is 1. The zero-order valence-electron chi connectivity index (χ0n) is 22.7. The molecule has 0 aliphatic carbocycles. The molecule has 0 spiro atoms. The second-order valence-corrected chi connectivity index (χ2v) is 12.0. The number of anilines is 1. The fourth-order valence-corrected chi connectivity index (χ4v) is 5.05. The van der Waals surface area contributed by atoms with Crippen LogP contribution in [0.15, 0.2) is 10.5 Å². The molecule has 15 nitrogen and oxygen atoms in total. The van der Waals surface area contributed by atoms with Gasteiger partial charge < -0.3 is 25.4 Å². The molecule has 1 fully saturated rings. The van der Waals surface area contributed by atoms with Crippen LogP contribution in [0.2, 0.25) is 0 Å². The Balaban J connectivity index is 2.18. The van der Waals surface area contributed by atoms with E-state index in [1.807, 2.05) is 6.92 Å². The van der Waals surface area contributed by atoms with Crippen molar-refractivity contribution in [2.45, 2.75) is 65.6 Å². The van der Waals surface area contributed by atoms with Crippen LogP contribution in [0.5, 0.6) is 0 Å². The van der Waals surface area contributed by atoms with E-state index in [1.165, 1.54) is 40.0 Å². The van der Waals surface area contributed by atoms with Gasteiger partial charge >= 0.3 is 22.2 Å². The van der Waals surface area contributed by atoms with Crippen molar-refractivity contribution in [2.75, 3.05) is 26.1 Å². The number of hydrogen-bond donors (Lipinski definition) is 2. The number of carbonyl (C=O) groups is 4. The molecule has 2 atom stereocenters. The summed E-state index contributed by atoms with van der Waals surface area (Å²) in [6.07, 6.45) is 0.589. The summed E-state index contributed by atoms with van der Waals surface area (Å²) in [4.78, 5) is 59.2. The van der Waals surface area contributed by atoms with Crippen LogP contribution < -0.4 is 11.1 Å². The minimum absolute atomic E-state index is 0.00463. The van der Waals surface area contributed by atoms with Gasteiger partial charge in [0.2, 0.25) is 5.60 Å². The summed E-state index contributed by atoms with van der Waals surface area (Å²) in [5.74, 6) is -3.34. The first-order valence-corrected chi connectivity index (χ1v) is 14.0. The molecule has 1 aliphatic rings. The summed E-state index contributed by atoms with van der Waals surface area (Å²) in [5.41, 5.74) is 2.40. The molecule has 39 heavy (non-hydrogen) atoms. The van der Waals surface area contributed by atoms with E-state index < -0.39 is 69.5 Å². The minimum Gasteiger partial charge on any atom is -0.469 e. The first-order chi connectivity index (χ1) is 18.0. The van der Waals surface area contributed by atoms with Crippen molar-refractivity contribution in [3.05, 3.63) is 11.1 Å². The number of oxime groups is 1. The fraction of sp³-hybridized carbons (Fsp3) is 0.636. The van der Waals surface area contributed by atoms with Gasteiger partial charge in [0.15, 0.2) is 10.8 Å². The SMILES string of the molecule is CCCOC(=O)C(C)(C)O/N=C(/C(=O)N[C@@H]1C(=O)N(S(=O)(=O)OCC(C)(C)C(=O)OC)[C@H]1C)c1csc(N)n1. The molecule has 2 rings (SSSR count). The average molecular weight is 592 g/mol. The van der Waals surface area contributed by atoms with E-state index in [9.17, 15) is 27.6 Å².